The maximum Gasteiger partial charge on any atom is 0.226 e. The number of hydrogen-bond donors (Lipinski definition) is 2. The molecule has 1 aromatic rings. The molecule has 0 saturated heterocycles. The predicted octanol–water partition coefficient (Wildman–Crippen LogP) is 1.63. The van der Waals surface area contributed by atoms with Gasteiger partial charge in [0.05, 0.1) is 0 Å². The van der Waals surface area contributed by atoms with Gasteiger partial charge in [-0.25, -0.2) is 9.97 Å². The molecule has 0 aliphatic carbocycles. The van der Waals surface area contributed by atoms with E-state index in [9.17, 15) is 0 Å². The second-order valence-electron chi connectivity index (χ2n) is 5.07. The van der Waals surface area contributed by atoms with Crippen molar-refractivity contribution < 1.29 is 0 Å². The largest absolute Gasteiger partial charge is 0.382 e. The minimum Gasteiger partial charge on any atom is -0.382 e. The summed E-state index contributed by atoms with van der Waals surface area (Å²) in [6.07, 6.45) is 1.07. The van der Waals surface area contributed by atoms with Gasteiger partial charge in [-0.2, -0.15) is 0 Å². The Balaban J connectivity index is 2.73. The van der Waals surface area contributed by atoms with Crippen LogP contribution in [0.25, 0.3) is 0 Å². The van der Waals surface area contributed by atoms with Gasteiger partial charge in [0.1, 0.15) is 11.5 Å². The van der Waals surface area contributed by atoms with Crippen molar-refractivity contribution in [3.05, 3.63) is 17.5 Å². The summed E-state index contributed by atoms with van der Waals surface area (Å²) in [7, 11) is 0. The molecule has 0 aromatic carbocycles. The van der Waals surface area contributed by atoms with E-state index in [-0.39, 0.29) is 5.84 Å². The number of rotatable bonds is 9. The minimum absolute atomic E-state index is 0.0130. The van der Waals surface area contributed by atoms with Crippen LogP contribution in [0.2, 0.25) is 0 Å². The van der Waals surface area contributed by atoms with Crippen molar-refractivity contribution in [2.24, 2.45) is 5.73 Å². The lowest BCUT2D eigenvalue weighted by Gasteiger charge is -2.24. The van der Waals surface area contributed by atoms with Crippen LogP contribution < -0.4 is 10.6 Å². The Hall–Kier alpha value is -1.69. The fourth-order valence-electron chi connectivity index (χ4n) is 2.26. The zero-order chi connectivity index (χ0) is 15.8. The SMILES string of the molecule is CCN(CC)CCCN(CC)c1nc(C)cc(C(=N)N)n1. The molecular weight excluding hydrogens is 264 g/mol. The molecule has 1 heterocycles. The highest BCUT2D eigenvalue weighted by molar-refractivity contribution is 5.93. The molecule has 0 unspecified atom stereocenters. The Bertz CT molecular complexity index is 455. The number of amidine groups is 1. The highest BCUT2D eigenvalue weighted by Crippen LogP contribution is 2.11. The number of aromatic nitrogens is 2. The Morgan fingerprint density at radius 1 is 1.14 bits per heavy atom. The van der Waals surface area contributed by atoms with Gasteiger partial charge in [0.25, 0.3) is 0 Å². The molecule has 1 aromatic heterocycles. The summed E-state index contributed by atoms with van der Waals surface area (Å²) in [6.45, 7) is 13.4. The van der Waals surface area contributed by atoms with Crippen LogP contribution in [-0.2, 0) is 0 Å². The third-order valence-electron chi connectivity index (χ3n) is 3.58. The molecular formula is C15H28N6. The lowest BCUT2D eigenvalue weighted by atomic mass is 10.3. The van der Waals surface area contributed by atoms with Crippen LogP contribution in [0, 0.1) is 12.3 Å². The summed E-state index contributed by atoms with van der Waals surface area (Å²) in [5, 5.41) is 7.53. The molecule has 21 heavy (non-hydrogen) atoms. The molecule has 118 valence electrons. The molecule has 0 radical (unpaired) electrons. The smallest absolute Gasteiger partial charge is 0.226 e. The van der Waals surface area contributed by atoms with Crippen molar-refractivity contribution in [1.29, 1.82) is 5.41 Å². The van der Waals surface area contributed by atoms with Crippen molar-refractivity contribution in [3.63, 3.8) is 0 Å². The molecule has 1 rings (SSSR count). The van der Waals surface area contributed by atoms with Crippen molar-refractivity contribution >= 4 is 11.8 Å². The first-order valence-corrected chi connectivity index (χ1v) is 7.69. The lowest BCUT2D eigenvalue weighted by Crippen LogP contribution is -2.31. The second-order valence-corrected chi connectivity index (χ2v) is 5.07. The Morgan fingerprint density at radius 3 is 2.33 bits per heavy atom. The van der Waals surface area contributed by atoms with E-state index in [1.165, 1.54) is 0 Å². The maximum atomic E-state index is 7.53. The first kappa shape index (κ1) is 17.4. The molecule has 0 amide bonds. The van der Waals surface area contributed by atoms with Crippen LogP contribution >= 0.6 is 0 Å². The van der Waals surface area contributed by atoms with Gasteiger partial charge in [0.2, 0.25) is 5.95 Å². The van der Waals surface area contributed by atoms with E-state index < -0.39 is 0 Å². The molecule has 0 bridgehead atoms. The van der Waals surface area contributed by atoms with Gasteiger partial charge in [-0.1, -0.05) is 13.8 Å². The summed E-state index contributed by atoms with van der Waals surface area (Å²) in [6, 6.07) is 1.75. The van der Waals surface area contributed by atoms with Crippen molar-refractivity contribution in [3.8, 4) is 0 Å². The van der Waals surface area contributed by atoms with Crippen molar-refractivity contribution in [2.45, 2.75) is 34.1 Å². The van der Waals surface area contributed by atoms with E-state index in [2.05, 4.69) is 40.5 Å². The average molecular weight is 292 g/mol. The zero-order valence-corrected chi connectivity index (χ0v) is 13.7. The third kappa shape index (κ3) is 5.30. The van der Waals surface area contributed by atoms with E-state index in [0.29, 0.717) is 11.6 Å². The van der Waals surface area contributed by atoms with Crippen LogP contribution in [0.15, 0.2) is 6.07 Å². The normalized spacial score (nSPS) is 10.9. The molecule has 0 fully saturated rings. The van der Waals surface area contributed by atoms with E-state index in [4.69, 9.17) is 11.1 Å². The average Bonchev–Trinajstić information content (AvgIpc) is 2.47. The number of nitrogens with two attached hydrogens (primary N) is 1. The van der Waals surface area contributed by atoms with Crippen molar-refractivity contribution in [2.75, 3.05) is 37.6 Å². The predicted molar refractivity (Wildman–Crippen MR) is 88.1 cm³/mol. The molecule has 3 N–H and O–H groups in total. The van der Waals surface area contributed by atoms with Gasteiger partial charge in [-0.05, 0) is 46.0 Å². The van der Waals surface area contributed by atoms with Gasteiger partial charge < -0.3 is 15.5 Å². The number of anilines is 1. The second kappa shape index (κ2) is 8.56. The topological polar surface area (TPSA) is 82.1 Å². The first-order chi connectivity index (χ1) is 10.0. The number of nitrogen functional groups attached to an aromatic ring is 1. The number of aryl methyl sites for hydroxylation is 1. The van der Waals surface area contributed by atoms with E-state index in [0.717, 1.165) is 44.8 Å². The summed E-state index contributed by atoms with van der Waals surface area (Å²) in [5.74, 6) is 0.656. The Kier molecular flexibility index (Phi) is 7.08. The maximum absolute atomic E-state index is 7.53. The highest BCUT2D eigenvalue weighted by atomic mass is 15.3. The first-order valence-electron chi connectivity index (χ1n) is 7.69. The highest BCUT2D eigenvalue weighted by Gasteiger charge is 2.11. The van der Waals surface area contributed by atoms with Gasteiger partial charge in [0.15, 0.2) is 0 Å². The van der Waals surface area contributed by atoms with Crippen LogP contribution in [0.1, 0.15) is 38.6 Å². The molecule has 6 nitrogen and oxygen atoms in total. The van der Waals surface area contributed by atoms with Crippen molar-refractivity contribution in [1.82, 2.24) is 14.9 Å². The summed E-state index contributed by atoms with van der Waals surface area (Å²) < 4.78 is 0. The molecule has 0 aliphatic heterocycles. The standard InChI is InChI=1S/C15H28N6/c1-5-20(6-2)9-8-10-21(7-3)15-18-12(4)11-13(19-15)14(16)17/h11H,5-10H2,1-4H3,(H3,16,17). The number of nitrogens with one attached hydrogen (secondary N) is 1. The van der Waals surface area contributed by atoms with Gasteiger partial charge in [0, 0.05) is 18.8 Å². The van der Waals surface area contributed by atoms with Crippen LogP contribution in [0.4, 0.5) is 5.95 Å². The van der Waals surface area contributed by atoms with E-state index >= 15 is 0 Å². The summed E-state index contributed by atoms with van der Waals surface area (Å²) >= 11 is 0. The quantitative estimate of drug-likeness (QED) is 0.534. The molecule has 0 saturated carbocycles. The lowest BCUT2D eigenvalue weighted by molar-refractivity contribution is 0.300. The molecule has 0 aliphatic rings. The van der Waals surface area contributed by atoms with E-state index in [1.54, 1.807) is 6.07 Å². The molecule has 6 heteroatoms. The molecule has 0 spiro atoms. The van der Waals surface area contributed by atoms with Crippen LogP contribution in [0.5, 0.6) is 0 Å². The zero-order valence-electron chi connectivity index (χ0n) is 13.7. The van der Waals surface area contributed by atoms with Crippen LogP contribution in [0.3, 0.4) is 0 Å². The fourth-order valence-corrected chi connectivity index (χ4v) is 2.26. The van der Waals surface area contributed by atoms with Gasteiger partial charge in [-0.3, -0.25) is 5.41 Å². The fraction of sp³-hybridized carbons (Fsp3) is 0.667. The minimum atomic E-state index is -0.0130. The summed E-state index contributed by atoms with van der Waals surface area (Å²) in [4.78, 5) is 13.4. The van der Waals surface area contributed by atoms with Gasteiger partial charge >= 0.3 is 0 Å². The number of nitrogens with zero attached hydrogens (tertiary/aromatic N) is 4. The van der Waals surface area contributed by atoms with Crippen LogP contribution in [-0.4, -0.2) is 53.4 Å². The monoisotopic (exact) mass is 292 g/mol. The third-order valence-corrected chi connectivity index (χ3v) is 3.58. The molecule has 0 atom stereocenters. The number of hydrogen-bond acceptors (Lipinski definition) is 5. The summed E-state index contributed by atoms with van der Waals surface area (Å²) in [5.41, 5.74) is 6.88. The Labute approximate surface area is 127 Å². The van der Waals surface area contributed by atoms with Gasteiger partial charge in [-0.15, -0.1) is 0 Å². The van der Waals surface area contributed by atoms with E-state index in [1.807, 2.05) is 6.92 Å². The Morgan fingerprint density at radius 2 is 1.81 bits per heavy atom.